The molecule has 0 radical (unpaired) electrons. The summed E-state index contributed by atoms with van der Waals surface area (Å²) in [7, 11) is 3.14. The SMILES string of the molecule is COc1cc2c(cc1OC)C(C(=O)NC1CCCCCC1)C1c3ccccc3CCN1C2=O. The number of methoxy groups -OCH3 is 2. The maximum atomic E-state index is 13.9. The molecule has 1 fully saturated rings. The molecule has 2 aromatic rings. The van der Waals surface area contributed by atoms with E-state index in [1.54, 1.807) is 20.3 Å². The molecule has 0 bridgehead atoms. The summed E-state index contributed by atoms with van der Waals surface area (Å²) >= 11 is 0. The molecular weight excluding hydrogens is 416 g/mol. The lowest BCUT2D eigenvalue weighted by Gasteiger charge is -2.45. The van der Waals surface area contributed by atoms with E-state index in [1.165, 1.54) is 18.4 Å². The molecule has 174 valence electrons. The van der Waals surface area contributed by atoms with Crippen molar-refractivity contribution < 1.29 is 19.1 Å². The number of hydrogen-bond donors (Lipinski definition) is 1. The van der Waals surface area contributed by atoms with E-state index >= 15 is 0 Å². The molecule has 0 saturated heterocycles. The number of carbonyl (C=O) groups is 2. The van der Waals surface area contributed by atoms with E-state index < -0.39 is 5.92 Å². The number of benzene rings is 2. The fourth-order valence-electron chi connectivity index (χ4n) is 5.85. The lowest BCUT2D eigenvalue weighted by atomic mass is 9.75. The number of nitrogens with one attached hydrogen (secondary N) is 1. The highest BCUT2D eigenvalue weighted by Crippen LogP contribution is 2.48. The van der Waals surface area contributed by atoms with E-state index in [4.69, 9.17) is 9.47 Å². The molecular formula is C27H32N2O4. The minimum Gasteiger partial charge on any atom is -0.493 e. The summed E-state index contributed by atoms with van der Waals surface area (Å²) in [6.45, 7) is 0.599. The summed E-state index contributed by atoms with van der Waals surface area (Å²) in [6, 6.07) is 11.6. The molecule has 2 amide bonds. The van der Waals surface area contributed by atoms with Gasteiger partial charge in [-0.05, 0) is 48.1 Å². The van der Waals surface area contributed by atoms with Crippen molar-refractivity contribution in [3.63, 3.8) is 0 Å². The van der Waals surface area contributed by atoms with Gasteiger partial charge in [0.2, 0.25) is 5.91 Å². The first-order valence-corrected chi connectivity index (χ1v) is 12.1. The van der Waals surface area contributed by atoms with Crippen LogP contribution in [0.2, 0.25) is 0 Å². The highest BCUT2D eigenvalue weighted by atomic mass is 16.5. The molecule has 5 rings (SSSR count). The summed E-state index contributed by atoms with van der Waals surface area (Å²) in [5, 5.41) is 3.37. The van der Waals surface area contributed by atoms with Gasteiger partial charge in [-0.2, -0.15) is 0 Å². The van der Waals surface area contributed by atoms with Crippen LogP contribution in [0, 0.1) is 0 Å². The van der Waals surface area contributed by atoms with Crippen molar-refractivity contribution in [2.45, 2.75) is 62.9 Å². The highest BCUT2D eigenvalue weighted by Gasteiger charge is 2.47. The molecule has 1 saturated carbocycles. The Bertz CT molecular complexity index is 1060. The Morgan fingerprint density at radius 1 is 0.970 bits per heavy atom. The zero-order chi connectivity index (χ0) is 22.9. The first-order chi connectivity index (χ1) is 16.1. The highest BCUT2D eigenvalue weighted by molar-refractivity contribution is 6.02. The van der Waals surface area contributed by atoms with Crippen LogP contribution >= 0.6 is 0 Å². The van der Waals surface area contributed by atoms with Gasteiger partial charge in [-0.15, -0.1) is 0 Å². The topological polar surface area (TPSA) is 67.9 Å². The summed E-state index contributed by atoms with van der Waals surface area (Å²) < 4.78 is 11.0. The molecule has 3 aliphatic rings. The molecule has 2 aromatic carbocycles. The maximum Gasteiger partial charge on any atom is 0.254 e. The Kier molecular flexibility index (Phi) is 6.00. The Balaban J connectivity index is 1.62. The number of carbonyl (C=O) groups excluding carboxylic acids is 2. The standard InChI is InChI=1S/C27H32N2O4/c1-32-22-15-20-21(16-23(22)33-2)27(31)29-14-13-17-9-7-8-12-19(17)25(29)24(20)26(30)28-18-10-5-3-4-6-11-18/h7-9,12,15-16,18,24-25H,3-6,10-11,13-14H2,1-2H3,(H,28,30). The largest absolute Gasteiger partial charge is 0.493 e. The van der Waals surface area contributed by atoms with Gasteiger partial charge in [0.1, 0.15) is 0 Å². The number of ether oxygens (including phenoxy) is 2. The average Bonchev–Trinajstić information content (AvgIpc) is 3.12. The second-order valence-electron chi connectivity index (χ2n) is 9.36. The van der Waals surface area contributed by atoms with Gasteiger partial charge < -0.3 is 19.7 Å². The summed E-state index contributed by atoms with van der Waals surface area (Å²) in [6.07, 6.45) is 7.57. The van der Waals surface area contributed by atoms with Crippen LogP contribution in [0.4, 0.5) is 0 Å². The number of nitrogens with zero attached hydrogens (tertiary/aromatic N) is 1. The summed E-state index contributed by atoms with van der Waals surface area (Å²) in [5.41, 5.74) is 3.53. The quantitative estimate of drug-likeness (QED) is 0.705. The fraction of sp³-hybridized carbons (Fsp3) is 0.481. The van der Waals surface area contributed by atoms with E-state index in [1.807, 2.05) is 23.1 Å². The second-order valence-corrected chi connectivity index (χ2v) is 9.36. The number of fused-ring (bicyclic) bond motifs is 4. The van der Waals surface area contributed by atoms with Gasteiger partial charge in [-0.3, -0.25) is 9.59 Å². The van der Waals surface area contributed by atoms with Gasteiger partial charge in [0.25, 0.3) is 5.91 Å². The third-order valence-electron chi connectivity index (χ3n) is 7.51. The van der Waals surface area contributed by atoms with E-state index in [9.17, 15) is 9.59 Å². The van der Waals surface area contributed by atoms with Gasteiger partial charge in [-0.1, -0.05) is 49.9 Å². The first kappa shape index (κ1) is 21.8. The van der Waals surface area contributed by atoms with Crippen LogP contribution < -0.4 is 14.8 Å². The summed E-state index contributed by atoms with van der Waals surface area (Å²) in [5.74, 6) is 0.484. The van der Waals surface area contributed by atoms with Gasteiger partial charge in [0.15, 0.2) is 11.5 Å². The van der Waals surface area contributed by atoms with Crippen molar-refractivity contribution in [1.29, 1.82) is 0 Å². The Morgan fingerprint density at radius 3 is 2.39 bits per heavy atom. The van der Waals surface area contributed by atoms with Gasteiger partial charge >= 0.3 is 0 Å². The van der Waals surface area contributed by atoms with E-state index in [-0.39, 0.29) is 23.9 Å². The predicted octanol–water partition coefficient (Wildman–Crippen LogP) is 4.38. The third-order valence-corrected chi connectivity index (χ3v) is 7.51. The molecule has 2 unspecified atom stereocenters. The maximum absolute atomic E-state index is 13.9. The van der Waals surface area contributed by atoms with Crippen molar-refractivity contribution >= 4 is 11.8 Å². The lowest BCUT2D eigenvalue weighted by Crippen LogP contribution is -2.51. The van der Waals surface area contributed by atoms with E-state index in [2.05, 4.69) is 17.4 Å². The fourth-order valence-corrected chi connectivity index (χ4v) is 5.85. The Morgan fingerprint density at radius 2 is 1.67 bits per heavy atom. The van der Waals surface area contributed by atoms with Crippen LogP contribution in [0.25, 0.3) is 0 Å². The van der Waals surface area contributed by atoms with Crippen molar-refractivity contribution in [2.75, 3.05) is 20.8 Å². The minimum atomic E-state index is -0.498. The number of rotatable bonds is 4. The van der Waals surface area contributed by atoms with Crippen LogP contribution in [0.15, 0.2) is 36.4 Å². The van der Waals surface area contributed by atoms with Crippen LogP contribution in [-0.4, -0.2) is 43.5 Å². The second kappa shape index (κ2) is 9.08. The van der Waals surface area contributed by atoms with E-state index in [0.717, 1.165) is 43.2 Å². The van der Waals surface area contributed by atoms with Crippen molar-refractivity contribution in [3.05, 3.63) is 58.7 Å². The monoisotopic (exact) mass is 448 g/mol. The Hall–Kier alpha value is -3.02. The van der Waals surface area contributed by atoms with Crippen LogP contribution in [-0.2, 0) is 11.2 Å². The van der Waals surface area contributed by atoms with Crippen molar-refractivity contribution in [1.82, 2.24) is 10.2 Å². The molecule has 6 nitrogen and oxygen atoms in total. The third kappa shape index (κ3) is 3.85. The lowest BCUT2D eigenvalue weighted by molar-refractivity contribution is -0.125. The molecule has 6 heteroatoms. The zero-order valence-electron chi connectivity index (χ0n) is 19.4. The van der Waals surface area contributed by atoms with Crippen molar-refractivity contribution in [3.8, 4) is 11.5 Å². The normalized spacial score (nSPS) is 22.5. The Labute approximate surface area is 195 Å². The van der Waals surface area contributed by atoms with E-state index in [0.29, 0.717) is 23.6 Å². The molecule has 1 N–H and O–H groups in total. The smallest absolute Gasteiger partial charge is 0.254 e. The minimum absolute atomic E-state index is 0.00503. The van der Waals surface area contributed by atoms with Gasteiger partial charge in [-0.25, -0.2) is 0 Å². The molecule has 1 aliphatic carbocycles. The number of hydrogen-bond acceptors (Lipinski definition) is 4. The van der Waals surface area contributed by atoms with Crippen LogP contribution in [0.1, 0.15) is 77.5 Å². The molecule has 33 heavy (non-hydrogen) atoms. The molecule has 2 atom stereocenters. The summed E-state index contributed by atoms with van der Waals surface area (Å²) in [4.78, 5) is 29.5. The van der Waals surface area contributed by atoms with Gasteiger partial charge in [0, 0.05) is 18.2 Å². The first-order valence-electron chi connectivity index (χ1n) is 12.1. The molecule has 0 spiro atoms. The molecule has 0 aromatic heterocycles. The predicted molar refractivity (Wildman–Crippen MR) is 126 cm³/mol. The average molecular weight is 449 g/mol. The van der Waals surface area contributed by atoms with Gasteiger partial charge in [0.05, 0.1) is 26.2 Å². The number of amides is 2. The molecule has 2 heterocycles. The zero-order valence-corrected chi connectivity index (χ0v) is 19.4. The van der Waals surface area contributed by atoms with Crippen LogP contribution in [0.5, 0.6) is 11.5 Å². The van der Waals surface area contributed by atoms with Crippen molar-refractivity contribution in [2.24, 2.45) is 0 Å². The molecule has 2 aliphatic heterocycles. The van der Waals surface area contributed by atoms with Crippen LogP contribution in [0.3, 0.4) is 0 Å².